The van der Waals surface area contributed by atoms with Crippen LogP contribution < -0.4 is 5.32 Å². The molecule has 0 aliphatic heterocycles. The Labute approximate surface area is 315 Å². The molecule has 0 aliphatic carbocycles. The van der Waals surface area contributed by atoms with Gasteiger partial charge in [0.1, 0.15) is 6.10 Å². The lowest BCUT2D eigenvalue weighted by atomic mass is 9.87. The number of aliphatic hydroxyl groups is 2. The highest BCUT2D eigenvalue weighted by Crippen LogP contribution is 2.22. The molecule has 0 fully saturated rings. The van der Waals surface area contributed by atoms with Crippen molar-refractivity contribution in [3.63, 3.8) is 0 Å². The van der Waals surface area contributed by atoms with Crippen LogP contribution in [0, 0.1) is 5.41 Å². The summed E-state index contributed by atoms with van der Waals surface area (Å²) in [7, 11) is 0. The highest BCUT2D eigenvalue weighted by molar-refractivity contribution is 5.83. The summed E-state index contributed by atoms with van der Waals surface area (Å²) < 4.78 is 17.7. The lowest BCUT2D eigenvalue weighted by Gasteiger charge is -2.33. The van der Waals surface area contributed by atoms with Crippen LogP contribution in [0.4, 0.5) is 0 Å². The van der Waals surface area contributed by atoms with E-state index in [1.165, 1.54) is 141 Å². The highest BCUT2D eigenvalue weighted by atomic mass is 16.7. The third-order valence-corrected chi connectivity index (χ3v) is 10.1. The van der Waals surface area contributed by atoms with Crippen molar-refractivity contribution in [3.05, 3.63) is 0 Å². The zero-order valence-corrected chi connectivity index (χ0v) is 34.3. The smallest absolute Gasteiger partial charge is 0.368 e. The van der Waals surface area contributed by atoms with Crippen LogP contribution in [0.5, 0.6) is 0 Å². The van der Waals surface area contributed by atoms with Crippen LogP contribution in [0.1, 0.15) is 214 Å². The molecule has 0 rings (SSSR count). The van der Waals surface area contributed by atoms with Crippen molar-refractivity contribution in [2.45, 2.75) is 226 Å². The third-order valence-electron chi connectivity index (χ3n) is 10.1. The minimum atomic E-state index is -1.79. The molecule has 0 radical (unpaired) electrons. The minimum Gasteiger partial charge on any atom is -0.462 e. The number of carbonyl (C=O) groups excluding carboxylic acids is 2. The summed E-state index contributed by atoms with van der Waals surface area (Å²) in [6, 6.07) is 0. The Morgan fingerprint density at radius 2 is 0.863 bits per heavy atom. The predicted molar refractivity (Wildman–Crippen MR) is 212 cm³/mol. The van der Waals surface area contributed by atoms with Gasteiger partial charge in [0, 0.05) is 5.41 Å². The van der Waals surface area contributed by atoms with E-state index in [0.717, 1.165) is 38.5 Å². The third kappa shape index (κ3) is 27.1. The maximum atomic E-state index is 13.3. The van der Waals surface area contributed by atoms with Crippen LogP contribution in [0.2, 0.25) is 0 Å². The number of amides is 1. The lowest BCUT2D eigenvalue weighted by molar-refractivity contribution is -0.247. The van der Waals surface area contributed by atoms with Gasteiger partial charge in [0.2, 0.25) is 5.91 Å². The number of rotatable bonds is 39. The largest absolute Gasteiger partial charge is 0.462 e. The fourth-order valence-electron chi connectivity index (χ4n) is 6.38. The molecular weight excluding hydrogens is 642 g/mol. The molecule has 0 heterocycles. The van der Waals surface area contributed by atoms with Crippen molar-refractivity contribution in [3.8, 4) is 0 Å². The van der Waals surface area contributed by atoms with Gasteiger partial charge in [-0.3, -0.25) is 4.79 Å². The molecule has 0 spiro atoms. The van der Waals surface area contributed by atoms with Crippen LogP contribution in [0.25, 0.3) is 0 Å². The summed E-state index contributed by atoms with van der Waals surface area (Å²) in [5.41, 5.74) is -1.04. The van der Waals surface area contributed by atoms with Crippen molar-refractivity contribution >= 4 is 11.9 Å². The summed E-state index contributed by atoms with van der Waals surface area (Å²) in [6.07, 6.45) is 33.5. The van der Waals surface area contributed by atoms with Gasteiger partial charge in [0.05, 0.1) is 33.0 Å². The SMILES string of the molecule is CCCCCCCCCCCCCCCCOC(CNC(=O)[C@H](O)C(C)(C)CO)(OCCCCCCCCCCCCCCCC)C(=O)OCC. The topological polar surface area (TPSA) is 114 Å². The Kier molecular flexibility index (Phi) is 33.7. The predicted octanol–water partition coefficient (Wildman–Crippen LogP) is 10.7. The fraction of sp³-hybridized carbons (Fsp3) is 0.953. The molecule has 1 atom stereocenters. The van der Waals surface area contributed by atoms with E-state index in [4.69, 9.17) is 14.2 Å². The van der Waals surface area contributed by atoms with Crippen LogP contribution in [0.15, 0.2) is 0 Å². The maximum absolute atomic E-state index is 13.3. The summed E-state index contributed by atoms with van der Waals surface area (Å²) in [4.78, 5) is 26.2. The molecule has 0 aliphatic rings. The van der Waals surface area contributed by atoms with Crippen LogP contribution in [-0.2, 0) is 23.8 Å². The molecule has 3 N–H and O–H groups in total. The number of carbonyl (C=O) groups is 2. The Hall–Kier alpha value is -1.22. The van der Waals surface area contributed by atoms with Crippen LogP contribution in [0.3, 0.4) is 0 Å². The summed E-state index contributed by atoms with van der Waals surface area (Å²) in [5, 5.41) is 22.8. The molecule has 0 aromatic rings. The standard InChI is InChI=1S/C43H85NO7/c1-6-9-11-13-15-17-19-21-23-25-27-29-31-33-35-50-43(41(48)49-8-3,37-44-40(47)39(46)42(4,5)38-45)51-36-34-32-30-28-26-24-22-20-18-16-14-12-10-7-2/h39,45-46H,6-38H2,1-5H3,(H,44,47)/t39-/m0/s1. The van der Waals surface area contributed by atoms with Gasteiger partial charge in [0.25, 0.3) is 5.79 Å². The normalized spacial score (nSPS) is 12.7. The second-order valence-electron chi connectivity index (χ2n) is 15.6. The molecular formula is C43H85NO7. The van der Waals surface area contributed by atoms with Gasteiger partial charge in [-0.2, -0.15) is 0 Å². The van der Waals surface area contributed by atoms with Gasteiger partial charge < -0.3 is 29.7 Å². The quantitative estimate of drug-likeness (QED) is 0.0328. The molecule has 8 nitrogen and oxygen atoms in total. The Balaban J connectivity index is 4.75. The van der Waals surface area contributed by atoms with Gasteiger partial charge in [-0.1, -0.05) is 195 Å². The molecule has 0 unspecified atom stereocenters. The first-order valence-electron chi connectivity index (χ1n) is 21.7. The molecule has 0 bridgehead atoms. The number of ether oxygens (including phenoxy) is 3. The highest BCUT2D eigenvalue weighted by Gasteiger charge is 2.44. The van der Waals surface area contributed by atoms with E-state index in [0.29, 0.717) is 13.2 Å². The molecule has 0 aromatic heterocycles. The molecule has 1 amide bonds. The number of hydrogen-bond donors (Lipinski definition) is 3. The van der Waals surface area contributed by atoms with E-state index >= 15 is 0 Å². The van der Waals surface area contributed by atoms with Gasteiger partial charge in [-0.15, -0.1) is 0 Å². The second kappa shape index (κ2) is 34.5. The van der Waals surface area contributed by atoms with E-state index < -0.39 is 29.2 Å². The Morgan fingerprint density at radius 1 is 0.549 bits per heavy atom. The number of aliphatic hydroxyl groups excluding tert-OH is 2. The van der Waals surface area contributed by atoms with Gasteiger partial charge >= 0.3 is 5.97 Å². The average Bonchev–Trinajstić information content (AvgIpc) is 3.13. The molecule has 51 heavy (non-hydrogen) atoms. The zero-order valence-electron chi connectivity index (χ0n) is 34.3. The fourth-order valence-corrected chi connectivity index (χ4v) is 6.38. The van der Waals surface area contributed by atoms with E-state index in [2.05, 4.69) is 19.2 Å². The van der Waals surface area contributed by atoms with Crippen molar-refractivity contribution in [2.75, 3.05) is 33.0 Å². The Morgan fingerprint density at radius 3 is 1.16 bits per heavy atom. The minimum absolute atomic E-state index is 0.152. The molecule has 0 saturated heterocycles. The van der Waals surface area contributed by atoms with E-state index in [-0.39, 0.29) is 19.8 Å². The van der Waals surface area contributed by atoms with E-state index in [1.807, 2.05) is 0 Å². The summed E-state index contributed by atoms with van der Waals surface area (Å²) in [5.74, 6) is -3.15. The van der Waals surface area contributed by atoms with Crippen molar-refractivity contribution in [1.82, 2.24) is 5.32 Å². The number of unbranched alkanes of at least 4 members (excludes halogenated alkanes) is 26. The lowest BCUT2D eigenvalue weighted by Crippen LogP contribution is -2.56. The van der Waals surface area contributed by atoms with E-state index in [9.17, 15) is 19.8 Å². The molecule has 0 saturated carbocycles. The monoisotopic (exact) mass is 728 g/mol. The first-order chi connectivity index (χ1) is 24.7. The van der Waals surface area contributed by atoms with Crippen molar-refractivity contribution < 1.29 is 34.0 Å². The number of nitrogens with one attached hydrogen (secondary N) is 1. The summed E-state index contributed by atoms with van der Waals surface area (Å²) >= 11 is 0. The maximum Gasteiger partial charge on any atom is 0.368 e. The first-order valence-corrected chi connectivity index (χ1v) is 21.7. The zero-order chi connectivity index (χ0) is 37.9. The van der Waals surface area contributed by atoms with Crippen LogP contribution in [-0.4, -0.2) is 67.0 Å². The van der Waals surface area contributed by atoms with Crippen LogP contribution >= 0.6 is 0 Å². The van der Waals surface area contributed by atoms with Gasteiger partial charge in [-0.25, -0.2) is 4.79 Å². The van der Waals surface area contributed by atoms with Gasteiger partial charge in [-0.05, 0) is 19.8 Å². The molecule has 8 heteroatoms. The van der Waals surface area contributed by atoms with Crippen molar-refractivity contribution in [1.29, 1.82) is 0 Å². The Bertz CT molecular complexity index is 756. The number of hydrogen-bond acceptors (Lipinski definition) is 7. The molecule has 304 valence electrons. The summed E-state index contributed by atoms with van der Waals surface area (Å²) in [6.45, 7) is 9.58. The first kappa shape index (κ1) is 49.8. The average molecular weight is 728 g/mol. The van der Waals surface area contributed by atoms with Gasteiger partial charge in [0.15, 0.2) is 0 Å². The molecule has 0 aromatic carbocycles. The number of esters is 1. The second-order valence-corrected chi connectivity index (χ2v) is 15.6. The van der Waals surface area contributed by atoms with E-state index in [1.54, 1.807) is 20.8 Å². The van der Waals surface area contributed by atoms with Crippen molar-refractivity contribution in [2.24, 2.45) is 5.41 Å².